The second-order valence-corrected chi connectivity index (χ2v) is 6.00. The highest BCUT2D eigenvalue weighted by atomic mass is 35.5. The molecule has 0 aliphatic carbocycles. The predicted molar refractivity (Wildman–Crippen MR) is 97.9 cm³/mol. The number of rotatable bonds is 4. The normalized spacial score (nSPS) is 15.5. The van der Waals surface area contributed by atoms with E-state index in [9.17, 15) is 9.59 Å². The first-order valence-corrected chi connectivity index (χ1v) is 8.17. The Morgan fingerprint density at radius 3 is 2.48 bits per heavy atom. The van der Waals surface area contributed by atoms with Crippen molar-refractivity contribution in [1.82, 2.24) is 0 Å². The molecule has 0 spiro atoms. The van der Waals surface area contributed by atoms with Gasteiger partial charge in [0.2, 0.25) is 0 Å². The van der Waals surface area contributed by atoms with Crippen LogP contribution in [0.25, 0.3) is 0 Å². The Morgan fingerprint density at radius 2 is 1.84 bits per heavy atom. The molecule has 5 nitrogen and oxygen atoms in total. The highest BCUT2D eigenvalue weighted by molar-refractivity contribution is 6.30. The van der Waals surface area contributed by atoms with E-state index >= 15 is 0 Å². The summed E-state index contributed by atoms with van der Waals surface area (Å²) in [6.45, 7) is 0.634. The molecule has 2 aromatic rings. The number of anilines is 2. The Labute approximate surface area is 150 Å². The summed E-state index contributed by atoms with van der Waals surface area (Å²) in [6, 6.07) is 14.1. The fourth-order valence-corrected chi connectivity index (χ4v) is 2.73. The van der Waals surface area contributed by atoms with E-state index in [1.54, 1.807) is 47.5 Å². The van der Waals surface area contributed by atoms with Crippen LogP contribution in [-0.2, 0) is 9.53 Å². The smallest absolute Gasteiger partial charge is 0.337 e. The molecule has 0 saturated carbocycles. The van der Waals surface area contributed by atoms with Gasteiger partial charge in [-0.15, -0.1) is 0 Å². The van der Waals surface area contributed by atoms with E-state index in [-0.39, 0.29) is 11.9 Å². The minimum atomic E-state index is -0.380. The largest absolute Gasteiger partial charge is 0.465 e. The maximum absolute atomic E-state index is 12.5. The number of esters is 1. The van der Waals surface area contributed by atoms with E-state index in [1.165, 1.54) is 7.11 Å². The van der Waals surface area contributed by atoms with Gasteiger partial charge in [0.15, 0.2) is 0 Å². The number of amides is 1. The second-order valence-electron chi connectivity index (χ2n) is 5.57. The van der Waals surface area contributed by atoms with E-state index in [2.05, 4.69) is 10.1 Å². The molecule has 0 aromatic heterocycles. The van der Waals surface area contributed by atoms with Gasteiger partial charge < -0.3 is 15.0 Å². The Hall–Kier alpha value is -2.79. The molecule has 128 valence electrons. The van der Waals surface area contributed by atoms with Crippen LogP contribution >= 0.6 is 11.6 Å². The first-order chi connectivity index (χ1) is 12.1. The quantitative estimate of drug-likeness (QED) is 0.667. The molecule has 6 heteroatoms. The molecule has 0 atom stereocenters. The third kappa shape index (κ3) is 3.83. The number of benzene rings is 2. The van der Waals surface area contributed by atoms with E-state index < -0.39 is 0 Å². The van der Waals surface area contributed by atoms with Gasteiger partial charge in [0.25, 0.3) is 5.91 Å². The minimum absolute atomic E-state index is 0.0268. The van der Waals surface area contributed by atoms with Crippen LogP contribution in [0.1, 0.15) is 16.8 Å². The van der Waals surface area contributed by atoms with Gasteiger partial charge in [0, 0.05) is 34.7 Å². The molecule has 1 fully saturated rings. The SMILES string of the molecule is COC(=O)c1ccc(NC=C2CCN(c3ccc(Cl)cc3)C2=O)cc1. The Balaban J connectivity index is 1.67. The fourth-order valence-electron chi connectivity index (χ4n) is 2.61. The number of carbonyl (C=O) groups is 2. The Morgan fingerprint density at radius 1 is 1.16 bits per heavy atom. The number of carbonyl (C=O) groups excluding carboxylic acids is 2. The van der Waals surface area contributed by atoms with Crippen molar-refractivity contribution in [3.05, 3.63) is 70.9 Å². The topological polar surface area (TPSA) is 58.6 Å². The third-order valence-corrected chi connectivity index (χ3v) is 4.23. The van der Waals surface area contributed by atoms with Gasteiger partial charge in [0.1, 0.15) is 0 Å². The molecule has 25 heavy (non-hydrogen) atoms. The lowest BCUT2D eigenvalue weighted by atomic mass is 10.2. The number of ether oxygens (including phenoxy) is 1. The average Bonchev–Trinajstić information content (AvgIpc) is 3.01. The number of methoxy groups -OCH3 is 1. The molecular formula is C19H17ClN2O3. The van der Waals surface area contributed by atoms with Crippen LogP contribution in [-0.4, -0.2) is 25.5 Å². The van der Waals surface area contributed by atoms with Crippen LogP contribution in [0.15, 0.2) is 60.3 Å². The maximum atomic E-state index is 12.5. The van der Waals surface area contributed by atoms with E-state index in [0.717, 1.165) is 11.4 Å². The zero-order chi connectivity index (χ0) is 17.8. The number of halogens is 1. The molecule has 0 bridgehead atoms. The van der Waals surface area contributed by atoms with Gasteiger partial charge in [-0.2, -0.15) is 0 Å². The highest BCUT2D eigenvalue weighted by Crippen LogP contribution is 2.26. The zero-order valence-corrected chi connectivity index (χ0v) is 14.4. The van der Waals surface area contributed by atoms with Crippen molar-refractivity contribution >= 4 is 34.9 Å². The first-order valence-electron chi connectivity index (χ1n) is 7.80. The summed E-state index contributed by atoms with van der Waals surface area (Å²) in [5.74, 6) is -0.407. The summed E-state index contributed by atoms with van der Waals surface area (Å²) < 4.78 is 4.66. The number of hydrogen-bond acceptors (Lipinski definition) is 4. The van der Waals surface area contributed by atoms with Crippen LogP contribution in [0, 0.1) is 0 Å². The first kappa shape index (κ1) is 17.0. The van der Waals surface area contributed by atoms with E-state index in [4.69, 9.17) is 11.6 Å². The lowest BCUT2D eigenvalue weighted by molar-refractivity contribution is -0.114. The summed E-state index contributed by atoms with van der Waals surface area (Å²) in [7, 11) is 1.34. The van der Waals surface area contributed by atoms with Gasteiger partial charge >= 0.3 is 5.97 Å². The van der Waals surface area contributed by atoms with Gasteiger partial charge in [-0.05, 0) is 55.0 Å². The summed E-state index contributed by atoms with van der Waals surface area (Å²) in [4.78, 5) is 25.7. The molecule has 0 radical (unpaired) electrons. The van der Waals surface area contributed by atoms with Gasteiger partial charge in [-0.25, -0.2) is 4.79 Å². The average molecular weight is 357 g/mol. The molecule has 1 heterocycles. The van der Waals surface area contributed by atoms with Gasteiger partial charge in [-0.3, -0.25) is 4.79 Å². The number of hydrogen-bond donors (Lipinski definition) is 1. The van der Waals surface area contributed by atoms with Crippen LogP contribution in [0.2, 0.25) is 5.02 Å². The van der Waals surface area contributed by atoms with Crippen molar-refractivity contribution in [3.63, 3.8) is 0 Å². The van der Waals surface area contributed by atoms with Gasteiger partial charge in [-0.1, -0.05) is 11.6 Å². The standard InChI is InChI=1S/C19H17ClN2O3/c1-25-19(24)13-2-6-16(7-3-13)21-12-14-10-11-22(18(14)23)17-8-4-15(20)5-9-17/h2-9,12,21H,10-11H2,1H3. The summed E-state index contributed by atoms with van der Waals surface area (Å²) in [5.41, 5.74) is 2.80. The molecule has 3 rings (SSSR count). The molecule has 2 aromatic carbocycles. The Kier molecular flexibility index (Phi) is 5.05. The molecular weight excluding hydrogens is 340 g/mol. The number of nitrogens with one attached hydrogen (secondary N) is 1. The molecule has 1 aliphatic heterocycles. The van der Waals surface area contributed by atoms with Crippen LogP contribution < -0.4 is 10.2 Å². The molecule has 1 aliphatic rings. The summed E-state index contributed by atoms with van der Waals surface area (Å²) in [6.07, 6.45) is 2.38. The minimum Gasteiger partial charge on any atom is -0.465 e. The fraction of sp³-hybridized carbons (Fsp3) is 0.158. The van der Waals surface area contributed by atoms with Gasteiger partial charge in [0.05, 0.1) is 12.7 Å². The summed E-state index contributed by atoms with van der Waals surface area (Å²) in [5, 5.41) is 3.74. The van der Waals surface area contributed by atoms with Crippen molar-refractivity contribution in [3.8, 4) is 0 Å². The Bertz CT molecular complexity index is 814. The summed E-state index contributed by atoms with van der Waals surface area (Å²) >= 11 is 5.89. The third-order valence-electron chi connectivity index (χ3n) is 3.98. The molecule has 1 N–H and O–H groups in total. The van der Waals surface area contributed by atoms with E-state index in [0.29, 0.717) is 29.1 Å². The lowest BCUT2D eigenvalue weighted by Gasteiger charge is -2.15. The van der Waals surface area contributed by atoms with Crippen molar-refractivity contribution in [1.29, 1.82) is 0 Å². The van der Waals surface area contributed by atoms with Crippen LogP contribution in [0.5, 0.6) is 0 Å². The lowest BCUT2D eigenvalue weighted by Crippen LogP contribution is -2.24. The predicted octanol–water partition coefficient (Wildman–Crippen LogP) is 3.86. The van der Waals surface area contributed by atoms with Crippen molar-refractivity contribution in [2.24, 2.45) is 0 Å². The number of nitrogens with zero attached hydrogens (tertiary/aromatic N) is 1. The second kappa shape index (κ2) is 7.40. The maximum Gasteiger partial charge on any atom is 0.337 e. The van der Waals surface area contributed by atoms with Crippen molar-refractivity contribution in [2.75, 3.05) is 23.9 Å². The van der Waals surface area contributed by atoms with Crippen LogP contribution in [0.4, 0.5) is 11.4 Å². The molecule has 0 unspecified atom stereocenters. The van der Waals surface area contributed by atoms with E-state index in [1.807, 2.05) is 12.1 Å². The zero-order valence-electron chi connectivity index (χ0n) is 13.7. The van der Waals surface area contributed by atoms with Crippen molar-refractivity contribution in [2.45, 2.75) is 6.42 Å². The van der Waals surface area contributed by atoms with Crippen LogP contribution in [0.3, 0.4) is 0 Å². The molecule has 1 saturated heterocycles. The van der Waals surface area contributed by atoms with Crippen molar-refractivity contribution < 1.29 is 14.3 Å². The molecule has 1 amide bonds. The monoisotopic (exact) mass is 356 g/mol. The highest BCUT2D eigenvalue weighted by Gasteiger charge is 2.26.